The van der Waals surface area contributed by atoms with Crippen molar-refractivity contribution in [1.82, 2.24) is 10.3 Å². The summed E-state index contributed by atoms with van der Waals surface area (Å²) in [5, 5.41) is 13.2. The first-order chi connectivity index (χ1) is 10.6. The highest BCUT2D eigenvalue weighted by Crippen LogP contribution is 2.31. The standard InChI is InChI=1S/C17H20N2O3/c20-15(21)11-17(7-2-1-3-8-17)19-16(22)13-4-5-14-12(10-13)6-9-18-14/h4-6,9-10,18H,1-3,7-8,11H2,(H,19,22)(H,20,21). The third-order valence-electron chi connectivity index (χ3n) is 4.49. The van der Waals surface area contributed by atoms with Crippen LogP contribution in [0.1, 0.15) is 48.9 Å². The Morgan fingerprint density at radius 3 is 2.68 bits per heavy atom. The van der Waals surface area contributed by atoms with E-state index in [0.717, 1.165) is 43.0 Å². The summed E-state index contributed by atoms with van der Waals surface area (Å²) in [6.07, 6.45) is 6.32. The fraction of sp³-hybridized carbons (Fsp3) is 0.412. The molecule has 3 rings (SSSR count). The van der Waals surface area contributed by atoms with Gasteiger partial charge in [0.2, 0.25) is 0 Å². The number of hydrogen-bond acceptors (Lipinski definition) is 2. The van der Waals surface area contributed by atoms with Gasteiger partial charge < -0.3 is 15.4 Å². The van der Waals surface area contributed by atoms with Crippen molar-refractivity contribution >= 4 is 22.8 Å². The first-order valence-electron chi connectivity index (χ1n) is 7.69. The quantitative estimate of drug-likeness (QED) is 0.811. The van der Waals surface area contributed by atoms with Crippen molar-refractivity contribution in [2.24, 2.45) is 0 Å². The summed E-state index contributed by atoms with van der Waals surface area (Å²) >= 11 is 0. The van der Waals surface area contributed by atoms with Crippen molar-refractivity contribution in [2.75, 3.05) is 0 Å². The molecule has 0 saturated heterocycles. The van der Waals surface area contributed by atoms with Crippen LogP contribution in [-0.4, -0.2) is 27.5 Å². The van der Waals surface area contributed by atoms with Gasteiger partial charge in [-0.2, -0.15) is 0 Å². The molecule has 0 unspecified atom stereocenters. The molecule has 0 radical (unpaired) electrons. The first-order valence-corrected chi connectivity index (χ1v) is 7.69. The van der Waals surface area contributed by atoms with E-state index in [2.05, 4.69) is 10.3 Å². The molecule has 1 saturated carbocycles. The molecule has 1 fully saturated rings. The topological polar surface area (TPSA) is 82.2 Å². The monoisotopic (exact) mass is 300 g/mol. The molecule has 116 valence electrons. The molecule has 1 aliphatic carbocycles. The van der Waals surface area contributed by atoms with Crippen LogP contribution in [0.3, 0.4) is 0 Å². The Bertz CT molecular complexity index is 699. The summed E-state index contributed by atoms with van der Waals surface area (Å²) < 4.78 is 0. The van der Waals surface area contributed by atoms with Crippen molar-refractivity contribution in [3.05, 3.63) is 36.0 Å². The maximum absolute atomic E-state index is 12.6. The second-order valence-corrected chi connectivity index (χ2v) is 6.15. The number of aromatic amines is 1. The molecule has 2 aromatic rings. The van der Waals surface area contributed by atoms with Crippen molar-refractivity contribution in [1.29, 1.82) is 0 Å². The third kappa shape index (κ3) is 2.98. The number of aromatic nitrogens is 1. The van der Waals surface area contributed by atoms with Gasteiger partial charge in [0.15, 0.2) is 0 Å². The minimum absolute atomic E-state index is 0.00879. The summed E-state index contributed by atoms with van der Waals surface area (Å²) in [6.45, 7) is 0. The number of rotatable bonds is 4. The number of carbonyl (C=O) groups is 2. The van der Waals surface area contributed by atoms with Gasteiger partial charge in [0, 0.05) is 22.7 Å². The number of fused-ring (bicyclic) bond motifs is 1. The van der Waals surface area contributed by atoms with E-state index in [4.69, 9.17) is 0 Å². The molecule has 0 atom stereocenters. The lowest BCUT2D eigenvalue weighted by Gasteiger charge is -2.37. The van der Waals surface area contributed by atoms with Crippen LogP contribution in [0.2, 0.25) is 0 Å². The minimum atomic E-state index is -0.858. The molecule has 1 aromatic carbocycles. The number of nitrogens with one attached hydrogen (secondary N) is 2. The minimum Gasteiger partial charge on any atom is -0.481 e. The van der Waals surface area contributed by atoms with Crippen molar-refractivity contribution in [3.63, 3.8) is 0 Å². The van der Waals surface area contributed by atoms with Crippen molar-refractivity contribution in [3.8, 4) is 0 Å². The predicted octanol–water partition coefficient (Wildman–Crippen LogP) is 3.08. The van der Waals surface area contributed by atoms with Gasteiger partial charge >= 0.3 is 5.97 Å². The maximum Gasteiger partial charge on any atom is 0.305 e. The van der Waals surface area contributed by atoms with Gasteiger partial charge in [0.1, 0.15) is 0 Å². The Morgan fingerprint density at radius 1 is 1.18 bits per heavy atom. The molecule has 5 nitrogen and oxygen atoms in total. The molecule has 0 spiro atoms. The molecule has 5 heteroatoms. The van der Waals surface area contributed by atoms with Crippen LogP contribution in [-0.2, 0) is 4.79 Å². The molecule has 3 N–H and O–H groups in total. The van der Waals surface area contributed by atoms with E-state index in [1.165, 1.54) is 0 Å². The van der Waals surface area contributed by atoms with E-state index < -0.39 is 11.5 Å². The van der Waals surface area contributed by atoms with Gasteiger partial charge in [-0.25, -0.2) is 0 Å². The van der Waals surface area contributed by atoms with Crippen LogP contribution in [0.15, 0.2) is 30.5 Å². The average molecular weight is 300 g/mol. The number of amides is 1. The van der Waals surface area contributed by atoms with Gasteiger partial charge in [-0.15, -0.1) is 0 Å². The molecule has 1 amide bonds. The lowest BCUT2D eigenvalue weighted by molar-refractivity contribution is -0.139. The molecular formula is C17H20N2O3. The van der Waals surface area contributed by atoms with Gasteiger partial charge in [-0.3, -0.25) is 9.59 Å². The van der Waals surface area contributed by atoms with E-state index in [0.29, 0.717) is 5.56 Å². The fourth-order valence-electron chi connectivity index (χ4n) is 3.37. The van der Waals surface area contributed by atoms with Crippen molar-refractivity contribution < 1.29 is 14.7 Å². The Morgan fingerprint density at radius 2 is 1.95 bits per heavy atom. The van der Waals surface area contributed by atoms with Crippen LogP contribution in [0, 0.1) is 0 Å². The molecule has 1 heterocycles. The zero-order chi connectivity index (χ0) is 15.6. The summed E-state index contributed by atoms with van der Waals surface area (Å²) in [5.74, 6) is -1.05. The molecule has 1 aliphatic rings. The van der Waals surface area contributed by atoms with Crippen LogP contribution in [0.5, 0.6) is 0 Å². The molecule has 0 bridgehead atoms. The predicted molar refractivity (Wildman–Crippen MR) is 83.8 cm³/mol. The molecular weight excluding hydrogens is 280 g/mol. The van der Waals surface area contributed by atoms with E-state index in [1.54, 1.807) is 6.07 Å². The first kappa shape index (κ1) is 14.6. The Labute approximate surface area is 128 Å². The van der Waals surface area contributed by atoms with E-state index in [-0.39, 0.29) is 12.3 Å². The lowest BCUT2D eigenvalue weighted by atomic mass is 9.79. The van der Waals surface area contributed by atoms with Crippen LogP contribution in [0.4, 0.5) is 0 Å². The number of benzene rings is 1. The van der Waals surface area contributed by atoms with Crippen LogP contribution < -0.4 is 5.32 Å². The van der Waals surface area contributed by atoms with E-state index in [9.17, 15) is 14.7 Å². The van der Waals surface area contributed by atoms with Gasteiger partial charge in [-0.1, -0.05) is 19.3 Å². The summed E-state index contributed by atoms with van der Waals surface area (Å²) in [5.41, 5.74) is 0.950. The number of carbonyl (C=O) groups excluding carboxylic acids is 1. The van der Waals surface area contributed by atoms with Crippen LogP contribution >= 0.6 is 0 Å². The number of carboxylic acids is 1. The highest BCUT2D eigenvalue weighted by Gasteiger charge is 2.36. The molecule has 22 heavy (non-hydrogen) atoms. The SMILES string of the molecule is O=C(O)CC1(NC(=O)c2ccc3[nH]ccc3c2)CCCCC1. The smallest absolute Gasteiger partial charge is 0.305 e. The Kier molecular flexibility index (Phi) is 3.88. The van der Waals surface area contributed by atoms with E-state index in [1.807, 2.05) is 24.4 Å². The number of hydrogen-bond donors (Lipinski definition) is 3. The summed E-state index contributed by atoms with van der Waals surface area (Å²) in [7, 11) is 0. The second kappa shape index (κ2) is 5.83. The summed E-state index contributed by atoms with van der Waals surface area (Å²) in [4.78, 5) is 26.8. The van der Waals surface area contributed by atoms with E-state index >= 15 is 0 Å². The highest BCUT2D eigenvalue weighted by molar-refractivity contribution is 5.98. The van der Waals surface area contributed by atoms with Gasteiger partial charge in [0.05, 0.1) is 12.0 Å². The van der Waals surface area contributed by atoms with Gasteiger partial charge in [0.25, 0.3) is 5.91 Å². The molecule has 1 aromatic heterocycles. The largest absolute Gasteiger partial charge is 0.481 e. The zero-order valence-electron chi connectivity index (χ0n) is 12.4. The summed E-state index contributed by atoms with van der Waals surface area (Å²) in [6, 6.07) is 7.39. The number of H-pyrrole nitrogens is 1. The normalized spacial score (nSPS) is 17.3. The second-order valence-electron chi connectivity index (χ2n) is 6.15. The highest BCUT2D eigenvalue weighted by atomic mass is 16.4. The lowest BCUT2D eigenvalue weighted by Crippen LogP contribution is -2.51. The number of aliphatic carboxylic acids is 1. The van der Waals surface area contributed by atoms with Gasteiger partial charge in [-0.05, 0) is 37.1 Å². The Balaban J connectivity index is 1.81. The van der Waals surface area contributed by atoms with Crippen molar-refractivity contribution in [2.45, 2.75) is 44.1 Å². The third-order valence-corrected chi connectivity index (χ3v) is 4.49. The molecule has 0 aliphatic heterocycles. The zero-order valence-corrected chi connectivity index (χ0v) is 12.4. The Hall–Kier alpha value is -2.30. The fourth-order valence-corrected chi connectivity index (χ4v) is 3.37. The average Bonchev–Trinajstić information content (AvgIpc) is 2.94. The van der Waals surface area contributed by atoms with Crippen LogP contribution in [0.25, 0.3) is 10.9 Å². The maximum atomic E-state index is 12.6. The number of carboxylic acid groups (broad SMARTS) is 1.